The van der Waals surface area contributed by atoms with Gasteiger partial charge in [-0.15, -0.1) is 0 Å². The number of nitrogens with zero attached hydrogens (tertiary/aromatic N) is 1. The van der Waals surface area contributed by atoms with Gasteiger partial charge in [-0.2, -0.15) is 0 Å². The largest absolute Gasteiger partial charge is 0.312 e. The first kappa shape index (κ1) is 11.1. The van der Waals surface area contributed by atoms with E-state index in [2.05, 4.69) is 5.32 Å². The summed E-state index contributed by atoms with van der Waals surface area (Å²) in [5, 5.41) is 3.23. The molecule has 1 fully saturated rings. The van der Waals surface area contributed by atoms with Gasteiger partial charge in [0.15, 0.2) is 0 Å². The number of halogens is 1. The van der Waals surface area contributed by atoms with Crippen LogP contribution in [-0.2, 0) is 4.79 Å². The van der Waals surface area contributed by atoms with Crippen molar-refractivity contribution in [3.05, 3.63) is 30.1 Å². The molecule has 1 aliphatic rings. The lowest BCUT2D eigenvalue weighted by Crippen LogP contribution is -2.32. The SMILES string of the molecule is CCNC1CC(=O)N(c2cccc(F)c2)C1. The molecule has 0 bridgehead atoms. The molecule has 1 unspecified atom stereocenters. The van der Waals surface area contributed by atoms with Crippen LogP contribution in [0.25, 0.3) is 0 Å². The predicted molar refractivity (Wildman–Crippen MR) is 60.8 cm³/mol. The van der Waals surface area contributed by atoms with Crippen LogP contribution in [-0.4, -0.2) is 25.0 Å². The number of hydrogen-bond donors (Lipinski definition) is 1. The fourth-order valence-electron chi connectivity index (χ4n) is 2.03. The van der Waals surface area contributed by atoms with Gasteiger partial charge in [-0.1, -0.05) is 13.0 Å². The average Bonchev–Trinajstić information content (AvgIpc) is 2.60. The van der Waals surface area contributed by atoms with Crippen LogP contribution in [0.4, 0.5) is 10.1 Å². The van der Waals surface area contributed by atoms with Gasteiger partial charge >= 0.3 is 0 Å². The van der Waals surface area contributed by atoms with E-state index in [1.165, 1.54) is 12.1 Å². The molecule has 2 rings (SSSR count). The van der Waals surface area contributed by atoms with E-state index >= 15 is 0 Å². The molecular formula is C12H15FN2O. The Balaban J connectivity index is 2.13. The lowest BCUT2D eigenvalue weighted by Gasteiger charge is -2.16. The van der Waals surface area contributed by atoms with Crippen LogP contribution in [0, 0.1) is 5.82 Å². The Morgan fingerprint density at radius 3 is 3.06 bits per heavy atom. The number of carbonyl (C=O) groups excluding carboxylic acids is 1. The topological polar surface area (TPSA) is 32.3 Å². The minimum absolute atomic E-state index is 0.0524. The first-order valence-corrected chi connectivity index (χ1v) is 5.50. The van der Waals surface area contributed by atoms with Crippen LogP contribution in [0.5, 0.6) is 0 Å². The second-order valence-corrected chi connectivity index (χ2v) is 3.94. The Bertz CT molecular complexity index is 394. The number of anilines is 1. The summed E-state index contributed by atoms with van der Waals surface area (Å²) >= 11 is 0. The summed E-state index contributed by atoms with van der Waals surface area (Å²) in [7, 11) is 0. The second-order valence-electron chi connectivity index (χ2n) is 3.94. The minimum Gasteiger partial charge on any atom is -0.312 e. The Morgan fingerprint density at radius 2 is 2.38 bits per heavy atom. The van der Waals surface area contributed by atoms with Gasteiger partial charge in [0.1, 0.15) is 5.82 Å². The molecule has 1 saturated heterocycles. The Hall–Kier alpha value is -1.42. The van der Waals surface area contributed by atoms with Crippen molar-refractivity contribution < 1.29 is 9.18 Å². The highest BCUT2D eigenvalue weighted by Crippen LogP contribution is 2.22. The molecular weight excluding hydrogens is 207 g/mol. The highest BCUT2D eigenvalue weighted by Gasteiger charge is 2.29. The third kappa shape index (κ3) is 2.22. The molecule has 1 atom stereocenters. The van der Waals surface area contributed by atoms with Crippen molar-refractivity contribution in [3.8, 4) is 0 Å². The van der Waals surface area contributed by atoms with Crippen molar-refractivity contribution in [1.29, 1.82) is 0 Å². The molecule has 0 saturated carbocycles. The first-order valence-electron chi connectivity index (χ1n) is 5.50. The average molecular weight is 222 g/mol. The van der Waals surface area contributed by atoms with Crippen molar-refractivity contribution in [2.75, 3.05) is 18.0 Å². The molecule has 0 spiro atoms. The van der Waals surface area contributed by atoms with Gasteiger partial charge < -0.3 is 10.2 Å². The molecule has 1 aromatic carbocycles. The van der Waals surface area contributed by atoms with E-state index < -0.39 is 0 Å². The smallest absolute Gasteiger partial charge is 0.228 e. The van der Waals surface area contributed by atoms with Crippen LogP contribution in [0.3, 0.4) is 0 Å². The first-order chi connectivity index (χ1) is 7.70. The second kappa shape index (κ2) is 4.61. The molecule has 1 N–H and O–H groups in total. The van der Waals surface area contributed by atoms with Gasteiger partial charge in [0.25, 0.3) is 0 Å². The lowest BCUT2D eigenvalue weighted by molar-refractivity contribution is -0.117. The van der Waals surface area contributed by atoms with Crippen molar-refractivity contribution in [2.24, 2.45) is 0 Å². The maximum absolute atomic E-state index is 13.0. The van der Waals surface area contributed by atoms with Crippen LogP contribution in [0.15, 0.2) is 24.3 Å². The number of likely N-dealkylation sites (N-methyl/N-ethyl adjacent to an activating group) is 1. The van der Waals surface area contributed by atoms with Gasteiger partial charge in [0, 0.05) is 24.7 Å². The predicted octanol–water partition coefficient (Wildman–Crippen LogP) is 1.54. The van der Waals surface area contributed by atoms with Gasteiger partial charge in [0.05, 0.1) is 0 Å². The van der Waals surface area contributed by atoms with E-state index in [0.717, 1.165) is 6.54 Å². The Kier molecular flexibility index (Phi) is 3.19. The zero-order valence-electron chi connectivity index (χ0n) is 9.24. The van der Waals surface area contributed by atoms with Gasteiger partial charge in [0.2, 0.25) is 5.91 Å². The Morgan fingerprint density at radius 1 is 1.56 bits per heavy atom. The molecule has 1 amide bonds. The highest BCUT2D eigenvalue weighted by atomic mass is 19.1. The summed E-state index contributed by atoms with van der Waals surface area (Å²) in [6, 6.07) is 6.34. The monoisotopic (exact) mass is 222 g/mol. The summed E-state index contributed by atoms with van der Waals surface area (Å²) < 4.78 is 13.0. The summed E-state index contributed by atoms with van der Waals surface area (Å²) in [6.07, 6.45) is 0.490. The van der Waals surface area contributed by atoms with E-state index in [4.69, 9.17) is 0 Å². The van der Waals surface area contributed by atoms with Crippen molar-refractivity contribution in [2.45, 2.75) is 19.4 Å². The van der Waals surface area contributed by atoms with Crippen molar-refractivity contribution in [1.82, 2.24) is 5.32 Å². The maximum atomic E-state index is 13.0. The van der Waals surface area contributed by atoms with E-state index in [1.54, 1.807) is 17.0 Å². The number of benzene rings is 1. The van der Waals surface area contributed by atoms with Crippen LogP contribution in [0.1, 0.15) is 13.3 Å². The normalized spacial score (nSPS) is 20.5. The van der Waals surface area contributed by atoms with Crippen LogP contribution in [0.2, 0.25) is 0 Å². The zero-order chi connectivity index (χ0) is 11.5. The maximum Gasteiger partial charge on any atom is 0.228 e. The highest BCUT2D eigenvalue weighted by molar-refractivity contribution is 5.96. The van der Waals surface area contributed by atoms with E-state index in [1.807, 2.05) is 6.92 Å². The summed E-state index contributed by atoms with van der Waals surface area (Å²) in [5.41, 5.74) is 0.644. The molecule has 86 valence electrons. The molecule has 0 aliphatic carbocycles. The Labute approximate surface area is 94.3 Å². The molecule has 4 heteroatoms. The van der Waals surface area contributed by atoms with E-state index in [0.29, 0.717) is 18.7 Å². The summed E-state index contributed by atoms with van der Waals surface area (Å²) in [5.74, 6) is -0.256. The number of amides is 1. The molecule has 1 aromatic rings. The standard InChI is InChI=1S/C12H15FN2O/c1-2-14-10-7-12(16)15(8-10)11-5-3-4-9(13)6-11/h3-6,10,14H,2,7-8H2,1H3. The number of rotatable bonds is 3. The fourth-order valence-corrected chi connectivity index (χ4v) is 2.03. The molecule has 3 nitrogen and oxygen atoms in total. The molecule has 0 radical (unpaired) electrons. The van der Waals surface area contributed by atoms with E-state index in [-0.39, 0.29) is 17.8 Å². The molecule has 0 aromatic heterocycles. The van der Waals surface area contributed by atoms with Crippen molar-refractivity contribution in [3.63, 3.8) is 0 Å². The lowest BCUT2D eigenvalue weighted by atomic mass is 10.2. The van der Waals surface area contributed by atoms with Gasteiger partial charge in [-0.05, 0) is 24.7 Å². The zero-order valence-corrected chi connectivity index (χ0v) is 9.24. The van der Waals surface area contributed by atoms with Crippen molar-refractivity contribution >= 4 is 11.6 Å². The molecule has 16 heavy (non-hydrogen) atoms. The quantitative estimate of drug-likeness (QED) is 0.841. The molecule has 1 aliphatic heterocycles. The minimum atomic E-state index is -0.308. The van der Waals surface area contributed by atoms with Gasteiger partial charge in [-0.25, -0.2) is 4.39 Å². The fraction of sp³-hybridized carbons (Fsp3) is 0.417. The third-order valence-corrected chi connectivity index (χ3v) is 2.74. The third-order valence-electron chi connectivity index (χ3n) is 2.74. The molecule has 1 heterocycles. The number of carbonyl (C=O) groups is 1. The van der Waals surface area contributed by atoms with Crippen LogP contribution < -0.4 is 10.2 Å². The summed E-state index contributed by atoms with van der Waals surface area (Å²) in [4.78, 5) is 13.4. The van der Waals surface area contributed by atoms with Gasteiger partial charge in [-0.3, -0.25) is 4.79 Å². The van der Waals surface area contributed by atoms with E-state index in [9.17, 15) is 9.18 Å². The van der Waals surface area contributed by atoms with Crippen LogP contribution >= 0.6 is 0 Å². The summed E-state index contributed by atoms with van der Waals surface area (Å²) in [6.45, 7) is 3.47. The number of nitrogens with one attached hydrogen (secondary N) is 1. The number of hydrogen-bond acceptors (Lipinski definition) is 2.